The third-order valence-corrected chi connectivity index (χ3v) is 4.82. The molecule has 1 aromatic carbocycles. The van der Waals surface area contributed by atoms with Crippen LogP contribution in [0, 0.1) is 6.92 Å². The molecule has 2 aromatic heterocycles. The molecule has 2 heterocycles. The van der Waals surface area contributed by atoms with Gasteiger partial charge in [0.25, 0.3) is 0 Å². The van der Waals surface area contributed by atoms with E-state index in [0.29, 0.717) is 11.3 Å². The molecule has 18 heavy (non-hydrogen) atoms. The zero-order valence-corrected chi connectivity index (χ0v) is 12.0. The van der Waals surface area contributed by atoms with Crippen LogP contribution in [0.25, 0.3) is 10.1 Å². The lowest BCUT2D eigenvalue weighted by Crippen LogP contribution is -2.00. The lowest BCUT2D eigenvalue weighted by Gasteiger charge is -1.98. The Labute approximate surface area is 116 Å². The third kappa shape index (κ3) is 1.72. The second kappa shape index (κ2) is 4.37. The number of aryl methyl sites for hydroxylation is 1. The van der Waals surface area contributed by atoms with Crippen molar-refractivity contribution in [2.75, 3.05) is 0 Å². The van der Waals surface area contributed by atoms with Crippen LogP contribution in [0.3, 0.4) is 0 Å². The molecule has 4 heteroatoms. The number of hydrogen-bond donors (Lipinski definition) is 0. The first-order valence-electron chi connectivity index (χ1n) is 5.43. The minimum atomic E-state index is -0.0538. The second-order valence-corrected chi connectivity index (χ2v) is 5.76. The Morgan fingerprint density at radius 2 is 2.17 bits per heavy atom. The highest BCUT2D eigenvalue weighted by Crippen LogP contribution is 2.33. The van der Waals surface area contributed by atoms with Crippen LogP contribution in [0.2, 0.25) is 0 Å². The first kappa shape index (κ1) is 11.7. The van der Waals surface area contributed by atoms with Crippen LogP contribution < -0.4 is 0 Å². The molecular formula is C14H9BrO2S. The zero-order chi connectivity index (χ0) is 12.7. The number of halogens is 1. The first-order valence-corrected chi connectivity index (χ1v) is 7.10. The average molecular weight is 321 g/mol. The molecule has 0 unspecified atom stereocenters. The Morgan fingerprint density at radius 3 is 2.89 bits per heavy atom. The molecule has 0 aliphatic carbocycles. The number of carbonyl (C=O) groups excluding carboxylic acids is 1. The Kier molecular flexibility index (Phi) is 2.84. The predicted molar refractivity (Wildman–Crippen MR) is 76.4 cm³/mol. The van der Waals surface area contributed by atoms with Gasteiger partial charge in [-0.2, -0.15) is 0 Å². The number of ketones is 1. The number of thiophene rings is 1. The van der Waals surface area contributed by atoms with Crippen LogP contribution in [0.1, 0.15) is 21.7 Å². The summed E-state index contributed by atoms with van der Waals surface area (Å²) in [4.78, 5) is 12.4. The summed E-state index contributed by atoms with van der Waals surface area (Å²) in [5.74, 6) is 0.372. The van der Waals surface area contributed by atoms with E-state index in [1.807, 2.05) is 30.5 Å². The largest absolute Gasteiger partial charge is 0.461 e. The topological polar surface area (TPSA) is 30.2 Å². The second-order valence-electron chi connectivity index (χ2n) is 4.03. The van der Waals surface area contributed by atoms with E-state index in [-0.39, 0.29) is 5.78 Å². The summed E-state index contributed by atoms with van der Waals surface area (Å²) in [6.45, 7) is 1.88. The lowest BCUT2D eigenvalue weighted by molar-refractivity contribution is 0.101. The minimum Gasteiger partial charge on any atom is -0.461 e. The van der Waals surface area contributed by atoms with Crippen LogP contribution in [-0.4, -0.2) is 5.78 Å². The van der Waals surface area contributed by atoms with Crippen molar-refractivity contribution in [1.29, 1.82) is 0 Å². The van der Waals surface area contributed by atoms with Crippen LogP contribution in [0.4, 0.5) is 0 Å². The summed E-state index contributed by atoms with van der Waals surface area (Å²) in [5.41, 5.74) is 1.57. The van der Waals surface area contributed by atoms with E-state index in [0.717, 1.165) is 20.1 Å². The van der Waals surface area contributed by atoms with Crippen molar-refractivity contribution in [1.82, 2.24) is 0 Å². The van der Waals surface area contributed by atoms with Crippen molar-refractivity contribution in [3.05, 3.63) is 57.3 Å². The average Bonchev–Trinajstić information content (AvgIpc) is 2.95. The van der Waals surface area contributed by atoms with E-state index in [9.17, 15) is 4.79 Å². The molecule has 3 rings (SSSR count). The first-order chi connectivity index (χ1) is 8.68. The summed E-state index contributed by atoms with van der Waals surface area (Å²) in [5, 5.41) is 2.86. The molecule has 0 aliphatic rings. The van der Waals surface area contributed by atoms with Gasteiger partial charge in [0, 0.05) is 25.5 Å². The van der Waals surface area contributed by atoms with Gasteiger partial charge in [-0.3, -0.25) is 4.79 Å². The quantitative estimate of drug-likeness (QED) is 0.635. The van der Waals surface area contributed by atoms with E-state index < -0.39 is 0 Å². The molecule has 0 amide bonds. The smallest absolute Gasteiger partial charge is 0.229 e. The Bertz CT molecular complexity index is 739. The van der Waals surface area contributed by atoms with Gasteiger partial charge in [0.05, 0.1) is 6.26 Å². The molecule has 0 aliphatic heterocycles. The van der Waals surface area contributed by atoms with Gasteiger partial charge in [0.2, 0.25) is 5.78 Å². The number of fused-ring (bicyclic) bond motifs is 1. The molecule has 0 N–H and O–H groups in total. The molecule has 3 aromatic rings. The number of carbonyl (C=O) groups is 1. The Balaban J connectivity index is 2.19. The van der Waals surface area contributed by atoms with Gasteiger partial charge in [-0.15, -0.1) is 11.3 Å². The number of furan rings is 1. The van der Waals surface area contributed by atoms with Gasteiger partial charge in [-0.25, -0.2) is 0 Å². The van der Waals surface area contributed by atoms with E-state index in [4.69, 9.17) is 4.42 Å². The van der Waals surface area contributed by atoms with Crippen molar-refractivity contribution in [3.63, 3.8) is 0 Å². The number of benzene rings is 1. The molecule has 90 valence electrons. The summed E-state index contributed by atoms with van der Waals surface area (Å²) in [6, 6.07) is 7.68. The molecule has 0 spiro atoms. The van der Waals surface area contributed by atoms with Gasteiger partial charge >= 0.3 is 0 Å². The third-order valence-electron chi connectivity index (χ3n) is 2.86. The van der Waals surface area contributed by atoms with Crippen molar-refractivity contribution >= 4 is 43.1 Å². The van der Waals surface area contributed by atoms with Crippen molar-refractivity contribution < 1.29 is 9.21 Å². The highest BCUT2D eigenvalue weighted by atomic mass is 79.9. The summed E-state index contributed by atoms with van der Waals surface area (Å²) in [7, 11) is 0. The maximum atomic E-state index is 12.4. The zero-order valence-electron chi connectivity index (χ0n) is 9.57. The van der Waals surface area contributed by atoms with E-state index in [1.165, 1.54) is 0 Å². The van der Waals surface area contributed by atoms with Crippen molar-refractivity contribution in [2.45, 2.75) is 6.92 Å². The van der Waals surface area contributed by atoms with Gasteiger partial charge in [0.15, 0.2) is 5.76 Å². The SMILES string of the molecule is Cc1ccoc1C(=O)c1csc2c(Br)cccc12. The molecule has 0 atom stereocenters. The number of rotatable bonds is 2. The summed E-state index contributed by atoms with van der Waals surface area (Å²) in [6.07, 6.45) is 1.55. The summed E-state index contributed by atoms with van der Waals surface area (Å²) < 4.78 is 7.37. The molecule has 2 nitrogen and oxygen atoms in total. The van der Waals surface area contributed by atoms with Crippen LogP contribution in [0.15, 0.2) is 44.8 Å². The van der Waals surface area contributed by atoms with Gasteiger partial charge < -0.3 is 4.42 Å². The van der Waals surface area contributed by atoms with Crippen molar-refractivity contribution in [2.24, 2.45) is 0 Å². The molecule has 0 radical (unpaired) electrons. The van der Waals surface area contributed by atoms with Crippen LogP contribution >= 0.6 is 27.3 Å². The fourth-order valence-electron chi connectivity index (χ4n) is 1.93. The normalized spacial score (nSPS) is 11.0. The molecular weight excluding hydrogens is 312 g/mol. The highest BCUT2D eigenvalue weighted by molar-refractivity contribution is 9.10. The standard InChI is InChI=1S/C14H9BrO2S/c1-8-5-6-17-13(8)12(16)10-7-18-14-9(10)3-2-4-11(14)15/h2-7H,1H3. The van der Waals surface area contributed by atoms with Crippen LogP contribution in [-0.2, 0) is 0 Å². The molecule has 0 bridgehead atoms. The molecule has 0 fully saturated rings. The Hall–Kier alpha value is -1.39. The fourth-order valence-corrected chi connectivity index (χ4v) is 3.53. The maximum Gasteiger partial charge on any atom is 0.229 e. The van der Waals surface area contributed by atoms with Crippen molar-refractivity contribution in [3.8, 4) is 0 Å². The predicted octanol–water partition coefficient (Wildman–Crippen LogP) is 4.80. The van der Waals surface area contributed by atoms with Crippen LogP contribution in [0.5, 0.6) is 0 Å². The Morgan fingerprint density at radius 1 is 1.33 bits per heavy atom. The van der Waals surface area contributed by atoms with E-state index >= 15 is 0 Å². The maximum absolute atomic E-state index is 12.4. The molecule has 0 saturated heterocycles. The van der Waals surface area contributed by atoms with E-state index in [1.54, 1.807) is 23.7 Å². The highest BCUT2D eigenvalue weighted by Gasteiger charge is 2.19. The lowest BCUT2D eigenvalue weighted by atomic mass is 10.1. The minimum absolute atomic E-state index is 0.0538. The van der Waals surface area contributed by atoms with Gasteiger partial charge in [0.1, 0.15) is 0 Å². The van der Waals surface area contributed by atoms with Gasteiger partial charge in [-0.1, -0.05) is 12.1 Å². The summed E-state index contributed by atoms with van der Waals surface area (Å²) >= 11 is 5.06. The van der Waals surface area contributed by atoms with E-state index in [2.05, 4.69) is 15.9 Å². The number of hydrogen-bond acceptors (Lipinski definition) is 3. The van der Waals surface area contributed by atoms with Gasteiger partial charge in [-0.05, 0) is 40.5 Å². The fraction of sp³-hybridized carbons (Fsp3) is 0.0714. The molecule has 0 saturated carbocycles. The monoisotopic (exact) mass is 320 g/mol.